The van der Waals surface area contributed by atoms with Crippen molar-refractivity contribution in [2.45, 2.75) is 49.8 Å². The van der Waals surface area contributed by atoms with Gasteiger partial charge in [-0.05, 0) is 6.92 Å². The average molecular weight is 408 g/mol. The third-order valence-electron chi connectivity index (χ3n) is 3.96. The van der Waals surface area contributed by atoms with Gasteiger partial charge in [-0.1, -0.05) is 0 Å². The summed E-state index contributed by atoms with van der Waals surface area (Å²) in [6.45, 7) is -0.0870. The Morgan fingerprint density at radius 2 is 1.82 bits per heavy atom. The third kappa shape index (κ3) is 5.76. The number of nitrogens with one attached hydrogen (secondary N) is 1. The van der Waals surface area contributed by atoms with Crippen LogP contribution in [0.3, 0.4) is 0 Å². The lowest BCUT2D eigenvalue weighted by molar-refractivity contribution is -0.137. The topological polar surface area (TPSA) is 223 Å². The Hall–Kier alpha value is -1.97. The summed E-state index contributed by atoms with van der Waals surface area (Å²) in [4.78, 5) is 34.7. The minimum absolute atomic E-state index is 0.479. The molecular weight excluding hydrogens is 384 g/mol. The van der Waals surface area contributed by atoms with Crippen molar-refractivity contribution in [2.24, 2.45) is 0 Å². The third-order valence-corrected chi connectivity index (χ3v) is 3.96. The van der Waals surface area contributed by atoms with E-state index in [1.165, 1.54) is 0 Å². The second-order valence-corrected chi connectivity index (χ2v) is 6.04. The molecular formula is C15H24N2O11. The molecule has 0 spiro atoms. The molecule has 1 aromatic heterocycles. The maximum absolute atomic E-state index is 11.4. The van der Waals surface area contributed by atoms with Crippen molar-refractivity contribution in [1.29, 1.82) is 0 Å². The smallest absolute Gasteiger partial charge is 0.330 e. The maximum Gasteiger partial charge on any atom is 0.330 e. The van der Waals surface area contributed by atoms with E-state index in [1.54, 1.807) is 0 Å². The predicted molar refractivity (Wildman–Crippen MR) is 90.1 cm³/mol. The van der Waals surface area contributed by atoms with E-state index in [0.717, 1.165) is 23.8 Å². The van der Waals surface area contributed by atoms with Crippen LogP contribution in [-0.2, 0) is 9.53 Å². The molecule has 0 aromatic carbocycles. The van der Waals surface area contributed by atoms with Gasteiger partial charge in [0.25, 0.3) is 5.56 Å². The van der Waals surface area contributed by atoms with Crippen molar-refractivity contribution in [3.8, 4) is 0 Å². The first-order chi connectivity index (χ1) is 13.0. The maximum atomic E-state index is 11.4. The Bertz CT molecular complexity index is 748. The van der Waals surface area contributed by atoms with Gasteiger partial charge in [-0.15, -0.1) is 0 Å². The fourth-order valence-corrected chi connectivity index (χ4v) is 2.30. The van der Waals surface area contributed by atoms with Gasteiger partial charge in [-0.25, -0.2) is 4.79 Å². The normalized spacial score (nSPS) is 27.4. The number of hydrogen-bond acceptors (Lipinski definition) is 11. The Kier molecular flexibility index (Phi) is 9.06. The van der Waals surface area contributed by atoms with Gasteiger partial charge in [0.2, 0.25) is 0 Å². The van der Waals surface area contributed by atoms with Gasteiger partial charge >= 0.3 is 5.69 Å². The highest BCUT2D eigenvalue weighted by atomic mass is 16.6. The minimum Gasteiger partial charge on any atom is -0.394 e. The predicted octanol–water partition coefficient (Wildman–Crippen LogP) is -5.20. The van der Waals surface area contributed by atoms with Crippen LogP contribution in [0.1, 0.15) is 13.2 Å². The van der Waals surface area contributed by atoms with E-state index < -0.39 is 73.1 Å². The summed E-state index contributed by atoms with van der Waals surface area (Å²) in [5.74, 6) is -0.648. The number of aromatic nitrogens is 2. The highest BCUT2D eigenvalue weighted by Crippen LogP contribution is 2.27. The zero-order chi connectivity index (χ0) is 21.6. The minimum atomic E-state index is -1.63. The molecule has 0 saturated carbocycles. The number of aliphatic hydroxyl groups is 7. The van der Waals surface area contributed by atoms with Gasteiger partial charge in [0, 0.05) is 12.3 Å². The summed E-state index contributed by atoms with van der Waals surface area (Å²) in [5.41, 5.74) is -1.33. The molecule has 2 heterocycles. The van der Waals surface area contributed by atoms with Crippen LogP contribution in [-0.4, -0.2) is 101 Å². The summed E-state index contributed by atoms with van der Waals surface area (Å²) in [7, 11) is 0. The van der Waals surface area contributed by atoms with Crippen LogP contribution in [0.4, 0.5) is 0 Å². The molecule has 13 heteroatoms. The van der Waals surface area contributed by atoms with Gasteiger partial charge < -0.3 is 40.5 Å². The molecule has 28 heavy (non-hydrogen) atoms. The number of carbonyl (C=O) groups is 1. The lowest BCUT2D eigenvalue weighted by atomic mass is 10.1. The van der Waals surface area contributed by atoms with Crippen LogP contribution < -0.4 is 11.2 Å². The van der Waals surface area contributed by atoms with Crippen molar-refractivity contribution >= 4 is 5.78 Å². The molecule has 1 fully saturated rings. The van der Waals surface area contributed by atoms with Crippen LogP contribution in [0.2, 0.25) is 0 Å². The molecule has 0 radical (unpaired) electrons. The number of aromatic amines is 1. The Balaban J connectivity index is 0.000000311. The van der Waals surface area contributed by atoms with Crippen LogP contribution in [0, 0.1) is 0 Å². The van der Waals surface area contributed by atoms with E-state index in [2.05, 4.69) is 0 Å². The molecule has 8 N–H and O–H groups in total. The van der Waals surface area contributed by atoms with E-state index in [9.17, 15) is 24.6 Å². The number of carbonyl (C=O) groups excluding carboxylic acids is 1. The van der Waals surface area contributed by atoms with Crippen LogP contribution in [0.25, 0.3) is 0 Å². The van der Waals surface area contributed by atoms with E-state index in [4.69, 9.17) is 30.3 Å². The van der Waals surface area contributed by atoms with Crippen molar-refractivity contribution in [3.05, 3.63) is 33.1 Å². The first kappa shape index (κ1) is 24.1. The number of ketones is 1. The molecule has 7 atom stereocenters. The van der Waals surface area contributed by atoms with Gasteiger partial charge in [0.15, 0.2) is 12.0 Å². The lowest BCUT2D eigenvalue weighted by Crippen LogP contribution is -2.42. The number of nitrogens with zero attached hydrogens (tertiary/aromatic N) is 1. The second kappa shape index (κ2) is 10.5. The molecule has 2 rings (SSSR count). The standard InChI is InChI=1S/C9H12N2O6.C6H12O5/c12-3-4-6(14)7(15)8(17-4)11-2-1-5(13)10-9(11)16;1-3(8)5(10)6(11)4(9)2-7/h1-2,4,6-8,12,14-15H,3H2,(H,10,13,16);4-7,9-11H,2H2,1H3/t4-,6-,7-,8-;/m1./s1. The van der Waals surface area contributed by atoms with Gasteiger partial charge in [0.05, 0.1) is 13.2 Å². The van der Waals surface area contributed by atoms with Gasteiger partial charge in [-0.2, -0.15) is 0 Å². The molecule has 1 aliphatic heterocycles. The molecule has 0 bridgehead atoms. The number of Topliss-reactive ketones (excluding diaryl/α,β-unsaturated/α-hetero) is 1. The monoisotopic (exact) mass is 408 g/mol. The summed E-state index contributed by atoms with van der Waals surface area (Å²) in [6, 6.07) is 1.09. The fraction of sp³-hybridized carbons (Fsp3) is 0.667. The molecule has 1 saturated heterocycles. The van der Waals surface area contributed by atoms with E-state index in [-0.39, 0.29) is 0 Å². The van der Waals surface area contributed by atoms with Crippen molar-refractivity contribution < 1.29 is 45.3 Å². The average Bonchev–Trinajstić information content (AvgIpc) is 2.94. The molecule has 1 aliphatic rings. The molecule has 1 aromatic rings. The number of hydrogen-bond donors (Lipinski definition) is 8. The highest BCUT2D eigenvalue weighted by molar-refractivity contribution is 5.80. The molecule has 0 amide bonds. The highest BCUT2D eigenvalue weighted by Gasteiger charge is 2.43. The number of ether oxygens (including phenoxy) is 1. The molecule has 13 nitrogen and oxygen atoms in total. The van der Waals surface area contributed by atoms with Crippen molar-refractivity contribution in [1.82, 2.24) is 9.55 Å². The summed E-state index contributed by atoms with van der Waals surface area (Å²) < 4.78 is 6.08. The number of aliphatic hydroxyl groups excluding tert-OH is 7. The molecule has 3 unspecified atom stereocenters. The van der Waals surface area contributed by atoms with Crippen LogP contribution in [0.15, 0.2) is 21.9 Å². The summed E-state index contributed by atoms with van der Waals surface area (Å²) in [5, 5.41) is 62.8. The summed E-state index contributed by atoms with van der Waals surface area (Å²) in [6.07, 6.45) is -8.30. The van der Waals surface area contributed by atoms with Gasteiger partial charge in [0.1, 0.15) is 36.6 Å². The second-order valence-electron chi connectivity index (χ2n) is 6.04. The van der Waals surface area contributed by atoms with E-state index >= 15 is 0 Å². The summed E-state index contributed by atoms with van der Waals surface area (Å²) >= 11 is 0. The SMILES string of the molecule is CC(=O)C(O)C(O)C(O)CO.O=c1ccn([C@@H]2O[C@H](CO)[C@@H](O)[C@H]2O)c(=O)[nH]1. The zero-order valence-electron chi connectivity index (χ0n) is 14.8. The number of rotatable bonds is 6. The van der Waals surface area contributed by atoms with Gasteiger partial charge in [-0.3, -0.25) is 19.1 Å². The van der Waals surface area contributed by atoms with E-state index in [1.807, 2.05) is 4.98 Å². The van der Waals surface area contributed by atoms with Crippen LogP contribution >= 0.6 is 0 Å². The van der Waals surface area contributed by atoms with Crippen molar-refractivity contribution in [3.63, 3.8) is 0 Å². The first-order valence-corrected chi connectivity index (χ1v) is 8.14. The molecule has 160 valence electrons. The molecule has 0 aliphatic carbocycles. The lowest BCUT2D eigenvalue weighted by Gasteiger charge is -2.18. The Morgan fingerprint density at radius 1 is 1.21 bits per heavy atom. The Labute approximate surface area is 157 Å². The first-order valence-electron chi connectivity index (χ1n) is 8.14. The fourth-order valence-electron chi connectivity index (χ4n) is 2.30. The quantitative estimate of drug-likeness (QED) is 0.222. The number of H-pyrrole nitrogens is 1. The van der Waals surface area contributed by atoms with Crippen LogP contribution in [0.5, 0.6) is 0 Å². The van der Waals surface area contributed by atoms with E-state index in [0.29, 0.717) is 0 Å². The Morgan fingerprint density at radius 3 is 2.25 bits per heavy atom. The largest absolute Gasteiger partial charge is 0.394 e. The zero-order valence-corrected chi connectivity index (χ0v) is 14.8. The van der Waals surface area contributed by atoms with Crippen molar-refractivity contribution in [2.75, 3.05) is 13.2 Å².